The van der Waals surface area contributed by atoms with Gasteiger partial charge in [0.15, 0.2) is 0 Å². The maximum atomic E-state index is 10.7. The van der Waals surface area contributed by atoms with E-state index in [1.165, 1.54) is 0 Å². The number of nitrogens with two attached hydrogens (primary N) is 1. The Balaban J connectivity index is 2.34. The van der Waals surface area contributed by atoms with Gasteiger partial charge in [0, 0.05) is 0 Å². The predicted octanol–water partition coefficient (Wildman–Crippen LogP) is 0.923. The average molecular weight is 171 g/mol. The lowest BCUT2D eigenvalue weighted by Gasteiger charge is -2.29. The zero-order valence-corrected chi connectivity index (χ0v) is 7.75. The summed E-state index contributed by atoms with van der Waals surface area (Å²) in [7, 11) is 0. The van der Waals surface area contributed by atoms with E-state index in [-0.39, 0.29) is 12.0 Å². The molecule has 70 valence electrons. The van der Waals surface area contributed by atoms with E-state index in [2.05, 4.69) is 13.8 Å². The van der Waals surface area contributed by atoms with E-state index in [9.17, 15) is 4.79 Å². The summed E-state index contributed by atoms with van der Waals surface area (Å²) >= 11 is 0. The number of hydrogen-bond donors (Lipinski definition) is 1. The Bertz CT molecular complexity index is 160. The van der Waals surface area contributed by atoms with Gasteiger partial charge in [-0.2, -0.15) is 0 Å². The number of hydrogen-bond acceptors (Lipinski definition) is 2. The molecule has 0 spiro atoms. The van der Waals surface area contributed by atoms with E-state index in [1.807, 2.05) is 0 Å². The van der Waals surface area contributed by atoms with Gasteiger partial charge in [0.2, 0.25) is 5.91 Å². The van der Waals surface area contributed by atoms with Gasteiger partial charge in [0.25, 0.3) is 0 Å². The van der Waals surface area contributed by atoms with Crippen molar-refractivity contribution in [3.05, 3.63) is 0 Å². The fourth-order valence-electron chi connectivity index (χ4n) is 1.52. The summed E-state index contributed by atoms with van der Waals surface area (Å²) < 4.78 is 5.34. The maximum absolute atomic E-state index is 10.7. The molecule has 1 amide bonds. The molecule has 1 rings (SSSR count). The molecule has 0 aromatic carbocycles. The Labute approximate surface area is 73.3 Å². The van der Waals surface area contributed by atoms with Gasteiger partial charge in [-0.3, -0.25) is 4.79 Å². The van der Waals surface area contributed by atoms with Crippen molar-refractivity contribution >= 4 is 5.91 Å². The average Bonchev–Trinajstić information content (AvgIpc) is 2.04. The predicted molar refractivity (Wildman–Crippen MR) is 46.5 cm³/mol. The van der Waals surface area contributed by atoms with Crippen molar-refractivity contribution in [1.82, 2.24) is 0 Å². The van der Waals surface area contributed by atoms with Crippen molar-refractivity contribution in [1.29, 1.82) is 0 Å². The molecule has 0 aromatic heterocycles. The Hall–Kier alpha value is -0.570. The molecule has 1 aliphatic heterocycles. The van der Waals surface area contributed by atoms with Crippen molar-refractivity contribution in [2.75, 3.05) is 6.61 Å². The molecule has 0 radical (unpaired) electrons. The summed E-state index contributed by atoms with van der Waals surface area (Å²) in [5, 5.41) is 0. The zero-order valence-electron chi connectivity index (χ0n) is 7.75. The minimum atomic E-state index is -0.333. The SMILES string of the molecule is CC(C)C1CCC(C(N)=O)OC1. The van der Waals surface area contributed by atoms with Crippen LogP contribution in [0.25, 0.3) is 0 Å². The zero-order chi connectivity index (χ0) is 9.14. The fraction of sp³-hybridized carbons (Fsp3) is 0.889. The summed E-state index contributed by atoms with van der Waals surface area (Å²) in [5.74, 6) is 0.914. The first-order valence-electron chi connectivity index (χ1n) is 4.52. The summed E-state index contributed by atoms with van der Waals surface area (Å²) in [5.41, 5.74) is 5.12. The van der Waals surface area contributed by atoms with E-state index in [1.54, 1.807) is 0 Å². The minimum absolute atomic E-state index is 0.322. The Morgan fingerprint density at radius 2 is 2.17 bits per heavy atom. The van der Waals surface area contributed by atoms with E-state index >= 15 is 0 Å². The van der Waals surface area contributed by atoms with Gasteiger partial charge >= 0.3 is 0 Å². The number of carbonyl (C=O) groups excluding carboxylic acids is 1. The Morgan fingerprint density at radius 3 is 2.50 bits per heavy atom. The number of rotatable bonds is 2. The van der Waals surface area contributed by atoms with E-state index in [0.717, 1.165) is 12.8 Å². The summed E-state index contributed by atoms with van der Waals surface area (Å²) in [6.07, 6.45) is 1.52. The largest absolute Gasteiger partial charge is 0.368 e. The van der Waals surface area contributed by atoms with E-state index in [0.29, 0.717) is 18.4 Å². The second-order valence-corrected chi connectivity index (χ2v) is 3.81. The van der Waals surface area contributed by atoms with Gasteiger partial charge in [-0.15, -0.1) is 0 Å². The third kappa shape index (κ3) is 2.21. The third-order valence-electron chi connectivity index (χ3n) is 2.57. The van der Waals surface area contributed by atoms with Crippen LogP contribution in [0.5, 0.6) is 0 Å². The Kier molecular flexibility index (Phi) is 3.09. The molecular formula is C9H17NO2. The number of carbonyl (C=O) groups is 1. The molecule has 1 heterocycles. The van der Waals surface area contributed by atoms with Crippen LogP contribution in [0.2, 0.25) is 0 Å². The molecule has 2 N–H and O–H groups in total. The fourth-order valence-corrected chi connectivity index (χ4v) is 1.52. The lowest BCUT2D eigenvalue weighted by molar-refractivity contribution is -0.135. The molecule has 0 aromatic rings. The molecule has 12 heavy (non-hydrogen) atoms. The molecular weight excluding hydrogens is 154 g/mol. The quantitative estimate of drug-likeness (QED) is 0.671. The number of primary amides is 1. The molecule has 0 bridgehead atoms. The smallest absolute Gasteiger partial charge is 0.246 e. The van der Waals surface area contributed by atoms with Crippen molar-refractivity contribution in [3.63, 3.8) is 0 Å². The molecule has 1 fully saturated rings. The third-order valence-corrected chi connectivity index (χ3v) is 2.57. The highest BCUT2D eigenvalue weighted by Gasteiger charge is 2.26. The lowest BCUT2D eigenvalue weighted by atomic mass is 9.89. The molecule has 1 saturated heterocycles. The molecule has 2 unspecified atom stereocenters. The van der Waals surface area contributed by atoms with Gasteiger partial charge in [0.05, 0.1) is 6.61 Å². The number of amides is 1. The van der Waals surface area contributed by atoms with Gasteiger partial charge in [0.1, 0.15) is 6.10 Å². The van der Waals surface area contributed by atoms with Crippen molar-refractivity contribution < 1.29 is 9.53 Å². The first-order chi connectivity index (χ1) is 5.61. The lowest BCUT2D eigenvalue weighted by Crippen LogP contribution is -2.37. The second-order valence-electron chi connectivity index (χ2n) is 3.81. The molecule has 1 aliphatic rings. The summed E-state index contributed by atoms with van der Waals surface area (Å²) in [4.78, 5) is 10.7. The second kappa shape index (κ2) is 3.90. The van der Waals surface area contributed by atoms with Crippen LogP contribution in [-0.4, -0.2) is 18.6 Å². The van der Waals surface area contributed by atoms with E-state index < -0.39 is 0 Å². The van der Waals surface area contributed by atoms with Crippen molar-refractivity contribution in [2.24, 2.45) is 17.6 Å². The normalized spacial score (nSPS) is 30.6. The first-order valence-corrected chi connectivity index (χ1v) is 4.52. The standard InChI is InChI=1S/C9H17NO2/c1-6(2)7-3-4-8(9(10)11)12-5-7/h6-8H,3-5H2,1-2H3,(H2,10,11). The minimum Gasteiger partial charge on any atom is -0.368 e. The summed E-state index contributed by atoms with van der Waals surface area (Å²) in [6, 6.07) is 0. The van der Waals surface area contributed by atoms with Crippen LogP contribution in [-0.2, 0) is 9.53 Å². The topological polar surface area (TPSA) is 52.3 Å². The van der Waals surface area contributed by atoms with Gasteiger partial charge in [-0.05, 0) is 24.7 Å². The van der Waals surface area contributed by atoms with Crippen LogP contribution in [0.4, 0.5) is 0 Å². The van der Waals surface area contributed by atoms with Crippen LogP contribution in [0, 0.1) is 11.8 Å². The highest BCUT2D eigenvalue weighted by molar-refractivity contribution is 5.78. The molecule has 0 saturated carbocycles. The van der Waals surface area contributed by atoms with E-state index in [4.69, 9.17) is 10.5 Å². The highest BCUT2D eigenvalue weighted by atomic mass is 16.5. The Morgan fingerprint density at radius 1 is 1.50 bits per heavy atom. The van der Waals surface area contributed by atoms with Crippen molar-refractivity contribution in [2.45, 2.75) is 32.8 Å². The summed E-state index contributed by atoms with van der Waals surface area (Å²) in [6.45, 7) is 5.04. The van der Waals surface area contributed by atoms with Gasteiger partial charge in [-0.1, -0.05) is 13.8 Å². The number of ether oxygens (including phenoxy) is 1. The van der Waals surface area contributed by atoms with Gasteiger partial charge < -0.3 is 10.5 Å². The van der Waals surface area contributed by atoms with Crippen LogP contribution in [0.1, 0.15) is 26.7 Å². The monoisotopic (exact) mass is 171 g/mol. The van der Waals surface area contributed by atoms with Crippen LogP contribution in [0.15, 0.2) is 0 Å². The van der Waals surface area contributed by atoms with Crippen molar-refractivity contribution in [3.8, 4) is 0 Å². The molecule has 3 nitrogen and oxygen atoms in total. The van der Waals surface area contributed by atoms with Crippen LogP contribution < -0.4 is 5.73 Å². The first kappa shape index (κ1) is 9.52. The van der Waals surface area contributed by atoms with Crippen LogP contribution in [0.3, 0.4) is 0 Å². The molecule has 2 atom stereocenters. The maximum Gasteiger partial charge on any atom is 0.246 e. The van der Waals surface area contributed by atoms with Gasteiger partial charge in [-0.25, -0.2) is 0 Å². The van der Waals surface area contributed by atoms with Crippen LogP contribution >= 0.6 is 0 Å². The molecule has 3 heteroatoms. The molecule has 0 aliphatic carbocycles. The highest BCUT2D eigenvalue weighted by Crippen LogP contribution is 2.24.